The topological polar surface area (TPSA) is 70.6 Å². The third kappa shape index (κ3) is 3.37. The number of rotatable bonds is 4. The minimum Gasteiger partial charge on any atom is -0.343 e. The smallest absolute Gasteiger partial charge is 0.156 e. The summed E-state index contributed by atoms with van der Waals surface area (Å²) in [7, 11) is 0. The zero-order valence-electron chi connectivity index (χ0n) is 13.6. The van der Waals surface area contributed by atoms with Crippen LogP contribution in [0, 0.1) is 6.92 Å². The van der Waals surface area contributed by atoms with Gasteiger partial charge in [-0.3, -0.25) is 4.90 Å². The van der Waals surface area contributed by atoms with E-state index in [9.17, 15) is 0 Å². The third-order valence-corrected chi connectivity index (χ3v) is 4.99. The van der Waals surface area contributed by atoms with Crippen molar-refractivity contribution in [2.75, 3.05) is 13.1 Å². The number of aromatic nitrogens is 5. The van der Waals surface area contributed by atoms with E-state index in [0.717, 1.165) is 54.8 Å². The largest absolute Gasteiger partial charge is 0.343 e. The van der Waals surface area contributed by atoms with Crippen molar-refractivity contribution in [1.29, 1.82) is 0 Å². The third-order valence-electron chi connectivity index (χ3n) is 4.35. The normalized spacial score (nSPS) is 18.8. The highest BCUT2D eigenvalue weighted by Gasteiger charge is 2.24. The summed E-state index contributed by atoms with van der Waals surface area (Å²) in [6.07, 6.45) is 5.88. The molecule has 6 nitrogen and oxygen atoms in total. The number of imidazole rings is 1. The van der Waals surface area contributed by atoms with Crippen LogP contribution < -0.4 is 0 Å². The fourth-order valence-electron chi connectivity index (χ4n) is 3.26. The maximum absolute atomic E-state index is 4.79. The number of piperidine rings is 1. The Kier molecular flexibility index (Phi) is 4.36. The molecule has 0 aromatic carbocycles. The van der Waals surface area contributed by atoms with Crippen LogP contribution >= 0.6 is 11.3 Å². The summed E-state index contributed by atoms with van der Waals surface area (Å²) in [6, 6.07) is 1.98. The highest BCUT2D eigenvalue weighted by Crippen LogP contribution is 2.27. The van der Waals surface area contributed by atoms with E-state index in [1.807, 2.05) is 24.7 Å². The lowest BCUT2D eigenvalue weighted by Crippen LogP contribution is -2.34. The Morgan fingerprint density at radius 1 is 1.33 bits per heavy atom. The van der Waals surface area contributed by atoms with E-state index in [1.165, 1.54) is 6.42 Å². The molecule has 4 heterocycles. The molecule has 0 aliphatic carbocycles. The van der Waals surface area contributed by atoms with E-state index in [2.05, 4.69) is 25.2 Å². The van der Waals surface area contributed by atoms with Gasteiger partial charge in [0.05, 0.1) is 11.2 Å². The predicted octanol–water partition coefficient (Wildman–Crippen LogP) is 3.01. The Balaban J connectivity index is 1.54. The molecule has 0 bridgehead atoms. The first-order chi connectivity index (χ1) is 11.8. The second-order valence-electron chi connectivity index (χ2n) is 6.24. The molecule has 1 atom stereocenters. The van der Waals surface area contributed by atoms with Gasteiger partial charge < -0.3 is 4.98 Å². The Labute approximate surface area is 145 Å². The van der Waals surface area contributed by atoms with Crippen LogP contribution in [0.5, 0.6) is 0 Å². The molecule has 3 aromatic heterocycles. The van der Waals surface area contributed by atoms with Gasteiger partial charge in [-0.2, -0.15) is 0 Å². The Morgan fingerprint density at radius 2 is 2.29 bits per heavy atom. The number of hydrogen-bond acceptors (Lipinski definition) is 6. The van der Waals surface area contributed by atoms with E-state index in [4.69, 9.17) is 9.97 Å². The summed E-state index contributed by atoms with van der Waals surface area (Å²) >= 11 is 1.65. The van der Waals surface area contributed by atoms with Crippen molar-refractivity contribution in [2.24, 2.45) is 0 Å². The zero-order chi connectivity index (χ0) is 16.4. The number of thiazole rings is 1. The van der Waals surface area contributed by atoms with Gasteiger partial charge in [0.1, 0.15) is 11.5 Å². The van der Waals surface area contributed by atoms with Gasteiger partial charge in [-0.25, -0.2) is 19.9 Å². The van der Waals surface area contributed by atoms with Gasteiger partial charge >= 0.3 is 0 Å². The van der Waals surface area contributed by atoms with Crippen molar-refractivity contribution in [3.8, 4) is 11.5 Å². The molecule has 1 unspecified atom stereocenters. The van der Waals surface area contributed by atoms with Crippen LogP contribution in [0.15, 0.2) is 29.4 Å². The second kappa shape index (κ2) is 6.78. The van der Waals surface area contributed by atoms with Crippen LogP contribution in [0.1, 0.15) is 36.0 Å². The number of nitrogens with zero attached hydrogens (tertiary/aromatic N) is 5. The Bertz CT molecular complexity index is 784. The molecule has 24 heavy (non-hydrogen) atoms. The van der Waals surface area contributed by atoms with Gasteiger partial charge in [0.2, 0.25) is 0 Å². The highest BCUT2D eigenvalue weighted by molar-refractivity contribution is 7.07. The van der Waals surface area contributed by atoms with Gasteiger partial charge in [-0.05, 0) is 32.4 Å². The average molecular weight is 340 g/mol. The molecule has 0 saturated carbocycles. The minimum absolute atomic E-state index is 0.367. The number of aromatic amines is 1. The van der Waals surface area contributed by atoms with Gasteiger partial charge in [0.15, 0.2) is 5.82 Å². The standard InChI is InChI=1S/C17H20N6S/c1-12-7-15(17-18-4-5-19-17)22-16(21-12)13-3-2-6-23(8-13)9-14-10-24-11-20-14/h4-5,7,10-11,13H,2-3,6,8-9H2,1H3,(H,18,19). The first-order valence-corrected chi connectivity index (χ1v) is 9.17. The summed E-state index contributed by atoms with van der Waals surface area (Å²) in [4.78, 5) is 23.8. The van der Waals surface area contributed by atoms with Gasteiger partial charge in [0, 0.05) is 42.5 Å². The molecule has 0 amide bonds. The van der Waals surface area contributed by atoms with Gasteiger partial charge in [0.25, 0.3) is 0 Å². The number of likely N-dealkylation sites (tertiary alicyclic amines) is 1. The fraction of sp³-hybridized carbons (Fsp3) is 0.412. The molecule has 124 valence electrons. The zero-order valence-corrected chi connectivity index (χ0v) is 14.5. The maximum Gasteiger partial charge on any atom is 0.156 e. The van der Waals surface area contributed by atoms with Crippen molar-refractivity contribution in [3.05, 3.63) is 46.6 Å². The lowest BCUT2D eigenvalue weighted by Gasteiger charge is -2.31. The Hall–Kier alpha value is -2.12. The van der Waals surface area contributed by atoms with E-state index >= 15 is 0 Å². The summed E-state index contributed by atoms with van der Waals surface area (Å²) in [5, 5.41) is 2.13. The molecule has 0 spiro atoms. The van der Waals surface area contributed by atoms with Crippen molar-refractivity contribution >= 4 is 11.3 Å². The molecular weight excluding hydrogens is 320 g/mol. The maximum atomic E-state index is 4.79. The molecule has 1 saturated heterocycles. The summed E-state index contributed by atoms with van der Waals surface area (Å²) in [5.74, 6) is 2.10. The Morgan fingerprint density at radius 3 is 3.08 bits per heavy atom. The molecule has 1 aliphatic heterocycles. The lowest BCUT2D eigenvalue weighted by molar-refractivity contribution is 0.195. The molecule has 1 aliphatic rings. The summed E-state index contributed by atoms with van der Waals surface area (Å²) in [6.45, 7) is 5.04. The van der Waals surface area contributed by atoms with Crippen molar-refractivity contribution in [2.45, 2.75) is 32.2 Å². The van der Waals surface area contributed by atoms with E-state index < -0.39 is 0 Å². The van der Waals surface area contributed by atoms with E-state index in [0.29, 0.717) is 5.92 Å². The van der Waals surface area contributed by atoms with Crippen LogP contribution in [-0.4, -0.2) is 42.9 Å². The summed E-state index contributed by atoms with van der Waals surface area (Å²) < 4.78 is 0. The highest BCUT2D eigenvalue weighted by atomic mass is 32.1. The molecular formula is C17H20N6S. The van der Waals surface area contributed by atoms with Crippen molar-refractivity contribution in [3.63, 3.8) is 0 Å². The number of H-pyrrole nitrogens is 1. The predicted molar refractivity (Wildman–Crippen MR) is 93.7 cm³/mol. The van der Waals surface area contributed by atoms with Crippen LogP contribution in [0.2, 0.25) is 0 Å². The van der Waals surface area contributed by atoms with Crippen molar-refractivity contribution in [1.82, 2.24) is 29.8 Å². The molecule has 1 fully saturated rings. The van der Waals surface area contributed by atoms with E-state index in [1.54, 1.807) is 17.5 Å². The van der Waals surface area contributed by atoms with Crippen LogP contribution in [-0.2, 0) is 6.54 Å². The monoisotopic (exact) mass is 340 g/mol. The number of nitrogens with one attached hydrogen (secondary N) is 1. The van der Waals surface area contributed by atoms with Crippen molar-refractivity contribution < 1.29 is 0 Å². The number of aryl methyl sites for hydroxylation is 1. The molecule has 1 N–H and O–H groups in total. The SMILES string of the molecule is Cc1cc(-c2ncc[nH]2)nc(C2CCCN(Cc3cscn3)C2)n1. The van der Waals surface area contributed by atoms with Crippen LogP contribution in [0.3, 0.4) is 0 Å². The first-order valence-electron chi connectivity index (χ1n) is 8.22. The average Bonchev–Trinajstić information content (AvgIpc) is 3.28. The lowest BCUT2D eigenvalue weighted by atomic mass is 9.96. The van der Waals surface area contributed by atoms with Gasteiger partial charge in [-0.1, -0.05) is 0 Å². The first kappa shape index (κ1) is 15.4. The number of hydrogen-bond donors (Lipinski definition) is 1. The fourth-order valence-corrected chi connectivity index (χ4v) is 3.80. The molecule has 4 rings (SSSR count). The van der Waals surface area contributed by atoms with E-state index in [-0.39, 0.29) is 0 Å². The van der Waals surface area contributed by atoms with Crippen LogP contribution in [0.4, 0.5) is 0 Å². The molecule has 7 heteroatoms. The molecule has 0 radical (unpaired) electrons. The minimum atomic E-state index is 0.367. The van der Waals surface area contributed by atoms with Gasteiger partial charge in [-0.15, -0.1) is 11.3 Å². The molecule has 3 aromatic rings. The second-order valence-corrected chi connectivity index (χ2v) is 6.96. The summed E-state index contributed by atoms with van der Waals surface area (Å²) in [5.41, 5.74) is 4.92. The quantitative estimate of drug-likeness (QED) is 0.790. The van der Waals surface area contributed by atoms with Crippen LogP contribution in [0.25, 0.3) is 11.5 Å².